The number of aryl methyl sites for hydroxylation is 2. The lowest BCUT2D eigenvalue weighted by Gasteiger charge is -2.21. The van der Waals surface area contributed by atoms with E-state index in [1.807, 2.05) is 0 Å². The van der Waals surface area contributed by atoms with E-state index >= 15 is 0 Å². The van der Waals surface area contributed by atoms with Gasteiger partial charge in [0.2, 0.25) is 5.89 Å². The Labute approximate surface area is 145 Å². The summed E-state index contributed by atoms with van der Waals surface area (Å²) in [6.45, 7) is 1.63. The highest BCUT2D eigenvalue weighted by molar-refractivity contribution is 5.72. The number of likely N-dealkylation sites (tertiary alicyclic amines) is 1. The second-order valence-electron chi connectivity index (χ2n) is 7.10. The highest BCUT2D eigenvalue weighted by Gasteiger charge is 2.30. The average Bonchev–Trinajstić information content (AvgIpc) is 3.31. The zero-order chi connectivity index (χ0) is 16.8. The van der Waals surface area contributed by atoms with E-state index in [4.69, 9.17) is 9.40 Å². The van der Waals surface area contributed by atoms with Gasteiger partial charge < -0.3 is 9.40 Å². The van der Waals surface area contributed by atoms with E-state index < -0.39 is 0 Å². The van der Waals surface area contributed by atoms with Crippen LogP contribution in [0.4, 0.5) is 4.39 Å². The number of nitrogens with zero attached hydrogens (tertiary/aromatic N) is 3. The maximum atomic E-state index is 13.3. The summed E-state index contributed by atoms with van der Waals surface area (Å²) in [4.78, 5) is 15.3. The van der Waals surface area contributed by atoms with Gasteiger partial charge >= 0.3 is 0 Å². The molecular weight excluding hydrogens is 319 g/mol. The van der Waals surface area contributed by atoms with Crippen LogP contribution in [0.15, 0.2) is 22.6 Å². The first kappa shape index (κ1) is 15.1. The molecule has 6 heteroatoms. The minimum absolute atomic E-state index is 0.285. The predicted molar refractivity (Wildman–Crippen MR) is 91.6 cm³/mol. The third-order valence-corrected chi connectivity index (χ3v) is 5.38. The molecule has 1 aliphatic carbocycles. The van der Waals surface area contributed by atoms with Gasteiger partial charge in [-0.3, -0.25) is 4.90 Å². The standard InChI is InChI=1S/C19H21FN4O/c20-12-7-8-17-15(10-12)21-18(25-17)11-24-9-3-6-16(24)19-22-13-4-1-2-5-14(13)23-19/h7-8,10,16H,1-6,9,11H2,(H,22,23). The first-order chi connectivity index (χ1) is 12.3. The Morgan fingerprint density at radius 2 is 2.12 bits per heavy atom. The lowest BCUT2D eigenvalue weighted by atomic mass is 10.0. The van der Waals surface area contributed by atoms with Crippen LogP contribution in [0.5, 0.6) is 0 Å². The van der Waals surface area contributed by atoms with Gasteiger partial charge in [0.1, 0.15) is 17.2 Å². The molecule has 0 amide bonds. The first-order valence-corrected chi connectivity index (χ1v) is 9.13. The smallest absolute Gasteiger partial charge is 0.209 e. The van der Waals surface area contributed by atoms with E-state index in [2.05, 4.69) is 14.9 Å². The Balaban J connectivity index is 1.39. The van der Waals surface area contributed by atoms with Crippen LogP contribution >= 0.6 is 0 Å². The van der Waals surface area contributed by atoms with Crippen LogP contribution in [0.2, 0.25) is 0 Å². The van der Waals surface area contributed by atoms with Gasteiger partial charge in [-0.1, -0.05) is 0 Å². The Kier molecular flexibility index (Phi) is 3.59. The van der Waals surface area contributed by atoms with Crippen molar-refractivity contribution in [1.29, 1.82) is 0 Å². The minimum Gasteiger partial charge on any atom is -0.439 e. The average molecular weight is 340 g/mol. The Morgan fingerprint density at radius 1 is 1.20 bits per heavy atom. The molecule has 1 fully saturated rings. The number of hydrogen-bond acceptors (Lipinski definition) is 4. The highest BCUT2D eigenvalue weighted by Crippen LogP contribution is 2.33. The van der Waals surface area contributed by atoms with Crippen molar-refractivity contribution in [3.05, 3.63) is 47.1 Å². The van der Waals surface area contributed by atoms with Gasteiger partial charge in [-0.05, 0) is 57.2 Å². The second kappa shape index (κ2) is 5.95. The van der Waals surface area contributed by atoms with Crippen LogP contribution in [-0.2, 0) is 19.4 Å². The first-order valence-electron chi connectivity index (χ1n) is 9.13. The maximum absolute atomic E-state index is 13.3. The molecule has 2 aromatic heterocycles. The number of oxazole rings is 1. The number of fused-ring (bicyclic) bond motifs is 2. The number of H-pyrrole nitrogens is 1. The zero-order valence-corrected chi connectivity index (χ0v) is 14.1. The van der Waals surface area contributed by atoms with Crippen molar-refractivity contribution in [2.75, 3.05) is 6.54 Å². The van der Waals surface area contributed by atoms with Crippen molar-refractivity contribution in [2.45, 2.75) is 51.1 Å². The Bertz CT molecular complexity index is 892. The number of rotatable bonds is 3. The summed E-state index contributed by atoms with van der Waals surface area (Å²) in [6, 6.07) is 4.76. The fraction of sp³-hybridized carbons (Fsp3) is 0.474. The molecule has 3 heterocycles. The van der Waals surface area contributed by atoms with E-state index in [1.54, 1.807) is 6.07 Å². The van der Waals surface area contributed by atoms with E-state index in [0.29, 0.717) is 23.5 Å². The maximum Gasteiger partial charge on any atom is 0.209 e. The van der Waals surface area contributed by atoms with Gasteiger partial charge in [-0.25, -0.2) is 14.4 Å². The monoisotopic (exact) mass is 340 g/mol. The van der Waals surface area contributed by atoms with E-state index in [1.165, 1.54) is 36.4 Å². The largest absolute Gasteiger partial charge is 0.439 e. The number of aromatic amines is 1. The molecule has 0 bridgehead atoms. The molecule has 1 saturated heterocycles. The third kappa shape index (κ3) is 2.74. The van der Waals surface area contributed by atoms with Gasteiger partial charge in [0.25, 0.3) is 0 Å². The lowest BCUT2D eigenvalue weighted by Crippen LogP contribution is -2.23. The fourth-order valence-electron chi connectivity index (χ4n) is 4.15. The van der Waals surface area contributed by atoms with Crippen LogP contribution < -0.4 is 0 Å². The summed E-state index contributed by atoms with van der Waals surface area (Å²) in [7, 11) is 0. The number of aromatic nitrogens is 3. The molecule has 3 aromatic rings. The van der Waals surface area contributed by atoms with E-state index in [9.17, 15) is 4.39 Å². The van der Waals surface area contributed by atoms with Crippen LogP contribution in [0.1, 0.15) is 54.8 Å². The summed E-state index contributed by atoms with van der Waals surface area (Å²) in [5.74, 6) is 1.45. The predicted octanol–water partition coefficient (Wildman–Crippen LogP) is 3.91. The van der Waals surface area contributed by atoms with Crippen molar-refractivity contribution in [2.24, 2.45) is 0 Å². The van der Waals surface area contributed by atoms with Crippen molar-refractivity contribution < 1.29 is 8.81 Å². The van der Waals surface area contributed by atoms with Gasteiger partial charge in [0, 0.05) is 11.8 Å². The molecule has 5 rings (SSSR count). The normalized spacial score (nSPS) is 21.1. The molecule has 130 valence electrons. The summed E-state index contributed by atoms with van der Waals surface area (Å²) in [5, 5.41) is 0. The molecule has 0 saturated carbocycles. The molecule has 1 aliphatic heterocycles. The highest BCUT2D eigenvalue weighted by atomic mass is 19.1. The number of imidazole rings is 1. The van der Waals surface area contributed by atoms with Crippen LogP contribution in [0.25, 0.3) is 11.1 Å². The summed E-state index contributed by atoms with van der Waals surface area (Å²) < 4.78 is 19.1. The quantitative estimate of drug-likeness (QED) is 0.785. The fourth-order valence-corrected chi connectivity index (χ4v) is 4.15. The molecule has 0 spiro atoms. The van der Waals surface area contributed by atoms with Gasteiger partial charge in [0.05, 0.1) is 18.3 Å². The zero-order valence-electron chi connectivity index (χ0n) is 14.1. The molecule has 1 aromatic carbocycles. The summed E-state index contributed by atoms with van der Waals surface area (Å²) in [5.41, 5.74) is 3.80. The van der Waals surface area contributed by atoms with Gasteiger partial charge in [-0.2, -0.15) is 0 Å². The molecule has 5 nitrogen and oxygen atoms in total. The Morgan fingerprint density at radius 3 is 3.04 bits per heavy atom. The van der Waals surface area contributed by atoms with Crippen LogP contribution in [0.3, 0.4) is 0 Å². The van der Waals surface area contributed by atoms with Crippen LogP contribution in [-0.4, -0.2) is 26.4 Å². The van der Waals surface area contributed by atoms with Crippen molar-refractivity contribution in [3.63, 3.8) is 0 Å². The SMILES string of the molecule is Fc1ccc2oc(CN3CCCC3c3nc4c([nH]3)CCCC4)nc2c1. The third-order valence-electron chi connectivity index (χ3n) is 5.38. The van der Waals surface area contributed by atoms with Gasteiger partial charge in [-0.15, -0.1) is 0 Å². The number of hydrogen-bond donors (Lipinski definition) is 1. The molecule has 1 N–H and O–H groups in total. The minimum atomic E-state index is -0.285. The number of benzene rings is 1. The van der Waals surface area contributed by atoms with Gasteiger partial charge in [0.15, 0.2) is 5.58 Å². The van der Waals surface area contributed by atoms with E-state index in [-0.39, 0.29) is 11.9 Å². The van der Waals surface area contributed by atoms with Crippen molar-refractivity contribution in [3.8, 4) is 0 Å². The Hall–Kier alpha value is -2.21. The van der Waals surface area contributed by atoms with Crippen LogP contribution in [0, 0.1) is 5.82 Å². The van der Waals surface area contributed by atoms with Crippen molar-refractivity contribution in [1.82, 2.24) is 19.9 Å². The van der Waals surface area contributed by atoms with Crippen molar-refractivity contribution >= 4 is 11.1 Å². The molecular formula is C19H21FN4O. The number of halogens is 1. The lowest BCUT2D eigenvalue weighted by molar-refractivity contribution is 0.219. The molecule has 0 radical (unpaired) electrons. The summed E-state index contributed by atoms with van der Waals surface area (Å²) >= 11 is 0. The number of nitrogens with one attached hydrogen (secondary N) is 1. The molecule has 2 aliphatic rings. The summed E-state index contributed by atoms with van der Waals surface area (Å²) in [6.07, 6.45) is 6.95. The van der Waals surface area contributed by atoms with E-state index in [0.717, 1.165) is 38.1 Å². The second-order valence-corrected chi connectivity index (χ2v) is 7.10. The topological polar surface area (TPSA) is 58.0 Å². The molecule has 1 unspecified atom stereocenters. The molecule has 1 atom stereocenters. The molecule has 25 heavy (non-hydrogen) atoms.